The van der Waals surface area contributed by atoms with Gasteiger partial charge in [-0.3, -0.25) is 9.59 Å². The Morgan fingerprint density at radius 2 is 1.90 bits per heavy atom. The van der Waals surface area contributed by atoms with Crippen LogP contribution in [-0.4, -0.2) is 36.3 Å². The zero-order chi connectivity index (χ0) is 15.7. The average molecular weight is 295 g/mol. The van der Waals surface area contributed by atoms with E-state index in [2.05, 4.69) is 19.2 Å². The molecule has 5 heteroatoms. The Bertz CT molecular complexity index is 391. The van der Waals surface area contributed by atoms with Crippen molar-refractivity contribution in [3.05, 3.63) is 11.3 Å². The Hall–Kier alpha value is -1.52. The summed E-state index contributed by atoms with van der Waals surface area (Å²) >= 11 is 0. The number of unbranched alkanes of at least 4 members (excludes halogenated alkanes) is 2. The first-order valence-electron chi connectivity index (χ1n) is 8.13. The lowest BCUT2D eigenvalue weighted by Crippen LogP contribution is -2.39. The highest BCUT2D eigenvalue weighted by Gasteiger charge is 2.20. The number of nitrogens with two attached hydrogens (primary N) is 1. The number of hydrogen-bond acceptors (Lipinski definition) is 3. The van der Waals surface area contributed by atoms with E-state index in [1.165, 1.54) is 0 Å². The van der Waals surface area contributed by atoms with Crippen LogP contribution in [0, 0.1) is 0 Å². The van der Waals surface area contributed by atoms with Gasteiger partial charge in [0.05, 0.1) is 6.54 Å². The van der Waals surface area contributed by atoms with Crippen LogP contribution < -0.4 is 11.1 Å². The number of rotatable bonds is 10. The Labute approximate surface area is 127 Å². The maximum atomic E-state index is 12.3. The fourth-order valence-electron chi connectivity index (χ4n) is 2.69. The Balaban J connectivity index is 2.49. The summed E-state index contributed by atoms with van der Waals surface area (Å²) in [5, 5.41) is 3.13. The van der Waals surface area contributed by atoms with Gasteiger partial charge in [-0.25, -0.2) is 0 Å². The lowest BCUT2D eigenvalue weighted by Gasteiger charge is -2.23. The quantitative estimate of drug-likeness (QED) is 0.605. The normalized spacial score (nSPS) is 14.4. The minimum absolute atomic E-state index is 0.108. The van der Waals surface area contributed by atoms with Crippen molar-refractivity contribution >= 4 is 11.8 Å². The molecule has 0 fully saturated rings. The molecular formula is C16H29N3O2. The summed E-state index contributed by atoms with van der Waals surface area (Å²) in [6.45, 7) is 6.12. The van der Waals surface area contributed by atoms with Gasteiger partial charge in [-0.15, -0.1) is 0 Å². The molecule has 0 saturated carbocycles. The molecule has 0 atom stereocenters. The first kappa shape index (κ1) is 17.5. The monoisotopic (exact) mass is 295 g/mol. The molecule has 0 aromatic heterocycles. The van der Waals surface area contributed by atoms with Crippen LogP contribution in [0.1, 0.15) is 58.8 Å². The van der Waals surface area contributed by atoms with Crippen molar-refractivity contribution in [1.29, 1.82) is 0 Å². The largest absolute Gasteiger partial charge is 0.379 e. The molecule has 0 radical (unpaired) electrons. The zero-order valence-electron chi connectivity index (χ0n) is 13.4. The highest BCUT2D eigenvalue weighted by Crippen LogP contribution is 2.23. The van der Waals surface area contributed by atoms with Gasteiger partial charge >= 0.3 is 0 Å². The predicted octanol–water partition coefficient (Wildman–Crippen LogP) is 1.93. The number of nitrogens with one attached hydrogen (secondary N) is 1. The van der Waals surface area contributed by atoms with Gasteiger partial charge in [0.2, 0.25) is 11.8 Å². The van der Waals surface area contributed by atoms with Crippen molar-refractivity contribution in [2.24, 2.45) is 5.73 Å². The van der Waals surface area contributed by atoms with Crippen molar-refractivity contribution in [3.8, 4) is 0 Å². The number of carbonyl (C=O) groups excluding carboxylic acids is 2. The third kappa shape index (κ3) is 5.78. The molecule has 0 spiro atoms. The van der Waals surface area contributed by atoms with Gasteiger partial charge in [-0.2, -0.15) is 0 Å². The maximum Gasteiger partial charge on any atom is 0.246 e. The summed E-state index contributed by atoms with van der Waals surface area (Å²) in [5.74, 6) is -0.257. The lowest BCUT2D eigenvalue weighted by molar-refractivity contribution is -0.130. The van der Waals surface area contributed by atoms with Crippen molar-refractivity contribution in [2.45, 2.75) is 58.8 Å². The van der Waals surface area contributed by atoms with E-state index in [1.807, 2.05) is 4.90 Å². The minimum atomic E-state index is -0.365. The van der Waals surface area contributed by atoms with Crippen molar-refractivity contribution in [3.63, 3.8) is 0 Å². The van der Waals surface area contributed by atoms with Crippen molar-refractivity contribution in [1.82, 2.24) is 10.2 Å². The van der Waals surface area contributed by atoms with E-state index in [0.717, 1.165) is 63.7 Å². The number of hydrogen-bond donors (Lipinski definition) is 2. The van der Waals surface area contributed by atoms with Gasteiger partial charge in [-0.1, -0.05) is 26.7 Å². The number of primary amides is 1. The summed E-state index contributed by atoms with van der Waals surface area (Å²) in [5.41, 5.74) is 6.88. The average Bonchev–Trinajstić information content (AvgIpc) is 2.92. The van der Waals surface area contributed by atoms with E-state index < -0.39 is 0 Å². The summed E-state index contributed by atoms with van der Waals surface area (Å²) < 4.78 is 0. The van der Waals surface area contributed by atoms with Gasteiger partial charge in [0.15, 0.2) is 0 Å². The molecular weight excluding hydrogens is 266 g/mol. The molecule has 3 N–H and O–H groups in total. The molecule has 120 valence electrons. The first-order valence-corrected chi connectivity index (χ1v) is 8.13. The van der Waals surface area contributed by atoms with Crippen LogP contribution in [0.4, 0.5) is 0 Å². The molecule has 2 amide bonds. The van der Waals surface area contributed by atoms with Crippen molar-refractivity contribution in [2.75, 3.05) is 19.6 Å². The molecule has 0 aromatic rings. The first-order chi connectivity index (χ1) is 10.1. The van der Waals surface area contributed by atoms with Crippen LogP contribution in [0.15, 0.2) is 11.3 Å². The van der Waals surface area contributed by atoms with E-state index in [0.29, 0.717) is 5.57 Å². The predicted molar refractivity (Wildman–Crippen MR) is 84.5 cm³/mol. The molecule has 0 aromatic carbocycles. The van der Waals surface area contributed by atoms with Gasteiger partial charge < -0.3 is 16.0 Å². The number of allylic oxidation sites excluding steroid dienone is 1. The Kier molecular flexibility index (Phi) is 7.87. The van der Waals surface area contributed by atoms with E-state index in [-0.39, 0.29) is 18.4 Å². The summed E-state index contributed by atoms with van der Waals surface area (Å²) in [6.07, 6.45) is 6.80. The Morgan fingerprint density at radius 1 is 1.14 bits per heavy atom. The second-order valence-electron chi connectivity index (χ2n) is 5.62. The van der Waals surface area contributed by atoms with Crippen LogP contribution in [0.3, 0.4) is 0 Å². The maximum absolute atomic E-state index is 12.3. The topological polar surface area (TPSA) is 75.4 Å². The third-order valence-electron chi connectivity index (χ3n) is 3.85. The van der Waals surface area contributed by atoms with Crippen LogP contribution in [0.2, 0.25) is 0 Å². The SMILES string of the molecule is CCCCCN(CCC)C(=O)CNC1=C(C(N)=O)CCC1. The lowest BCUT2D eigenvalue weighted by atomic mass is 10.2. The van der Waals surface area contributed by atoms with Gasteiger partial charge in [0, 0.05) is 24.4 Å². The van der Waals surface area contributed by atoms with E-state index in [9.17, 15) is 9.59 Å². The van der Waals surface area contributed by atoms with Gasteiger partial charge in [0.1, 0.15) is 0 Å². The minimum Gasteiger partial charge on any atom is -0.379 e. The fraction of sp³-hybridized carbons (Fsp3) is 0.750. The van der Waals surface area contributed by atoms with E-state index >= 15 is 0 Å². The van der Waals surface area contributed by atoms with Crippen molar-refractivity contribution < 1.29 is 9.59 Å². The van der Waals surface area contributed by atoms with E-state index in [1.54, 1.807) is 0 Å². The van der Waals surface area contributed by atoms with Crippen LogP contribution in [-0.2, 0) is 9.59 Å². The second kappa shape index (κ2) is 9.42. The van der Waals surface area contributed by atoms with Crippen LogP contribution in [0.25, 0.3) is 0 Å². The second-order valence-corrected chi connectivity index (χ2v) is 5.62. The van der Waals surface area contributed by atoms with Crippen LogP contribution >= 0.6 is 0 Å². The third-order valence-corrected chi connectivity index (χ3v) is 3.85. The molecule has 0 saturated heterocycles. The number of amides is 2. The molecule has 0 unspecified atom stereocenters. The highest BCUT2D eigenvalue weighted by atomic mass is 16.2. The molecule has 1 rings (SSSR count). The molecule has 0 bridgehead atoms. The standard InChI is InChI=1S/C16H29N3O2/c1-3-5-6-11-19(10-4-2)15(20)12-18-14-9-7-8-13(14)16(17)21/h18H,3-12H2,1-2H3,(H2,17,21). The van der Waals surface area contributed by atoms with E-state index in [4.69, 9.17) is 5.73 Å². The molecule has 1 aliphatic rings. The smallest absolute Gasteiger partial charge is 0.246 e. The fourth-order valence-corrected chi connectivity index (χ4v) is 2.69. The number of carbonyl (C=O) groups is 2. The zero-order valence-corrected chi connectivity index (χ0v) is 13.4. The molecule has 0 heterocycles. The summed E-state index contributed by atoms with van der Waals surface area (Å²) in [4.78, 5) is 25.5. The molecule has 1 aliphatic carbocycles. The van der Waals surface area contributed by atoms with Gasteiger partial charge in [-0.05, 0) is 32.1 Å². The van der Waals surface area contributed by atoms with Gasteiger partial charge in [0.25, 0.3) is 0 Å². The molecule has 5 nitrogen and oxygen atoms in total. The number of nitrogens with zero attached hydrogens (tertiary/aromatic N) is 1. The van der Waals surface area contributed by atoms with Crippen LogP contribution in [0.5, 0.6) is 0 Å². The molecule has 21 heavy (non-hydrogen) atoms. The summed E-state index contributed by atoms with van der Waals surface area (Å²) in [6, 6.07) is 0. The highest BCUT2D eigenvalue weighted by molar-refractivity contribution is 5.93. The molecule has 0 aliphatic heterocycles. The Morgan fingerprint density at radius 3 is 2.52 bits per heavy atom. The summed E-state index contributed by atoms with van der Waals surface area (Å²) in [7, 11) is 0.